The molecular weight excluding hydrogens is 406 g/mol. The monoisotopic (exact) mass is 423 g/mol. The van der Waals surface area contributed by atoms with Crippen LogP contribution in [-0.2, 0) is 17.6 Å². The SMILES string of the molecule is CCOC(=O)c1cc(C(=O)Oc2ccc3c4c(c(=O)oc3c2)CCC4)cc([N+](=O)[O-])c1. The second kappa shape index (κ2) is 8.02. The molecule has 0 atom stereocenters. The lowest BCUT2D eigenvalue weighted by Gasteiger charge is -2.08. The third-order valence-corrected chi connectivity index (χ3v) is 5.03. The second-order valence-electron chi connectivity index (χ2n) is 6.99. The second-order valence-corrected chi connectivity index (χ2v) is 6.99. The number of hydrogen-bond acceptors (Lipinski definition) is 8. The first-order chi connectivity index (χ1) is 14.9. The van der Waals surface area contributed by atoms with E-state index >= 15 is 0 Å². The highest BCUT2D eigenvalue weighted by Gasteiger charge is 2.22. The molecule has 1 aliphatic rings. The summed E-state index contributed by atoms with van der Waals surface area (Å²) in [4.78, 5) is 47.2. The number of fused-ring (bicyclic) bond motifs is 3. The molecule has 3 aromatic rings. The van der Waals surface area contributed by atoms with Gasteiger partial charge in [0.1, 0.15) is 11.3 Å². The Morgan fingerprint density at radius 2 is 1.77 bits per heavy atom. The minimum Gasteiger partial charge on any atom is -0.462 e. The fourth-order valence-corrected chi connectivity index (χ4v) is 3.66. The minimum absolute atomic E-state index is 0.0767. The maximum Gasteiger partial charge on any atom is 0.343 e. The molecule has 0 radical (unpaired) electrons. The molecule has 1 aromatic heterocycles. The van der Waals surface area contributed by atoms with E-state index in [4.69, 9.17) is 13.9 Å². The Morgan fingerprint density at radius 3 is 2.48 bits per heavy atom. The Hall–Kier alpha value is -4.01. The van der Waals surface area contributed by atoms with Crippen LogP contribution in [0.1, 0.15) is 45.2 Å². The van der Waals surface area contributed by atoms with Gasteiger partial charge in [-0.1, -0.05) is 0 Å². The van der Waals surface area contributed by atoms with E-state index in [1.54, 1.807) is 19.1 Å². The summed E-state index contributed by atoms with van der Waals surface area (Å²) in [5.74, 6) is -1.60. The molecule has 1 aliphatic carbocycles. The van der Waals surface area contributed by atoms with Crippen LogP contribution in [0.15, 0.2) is 45.6 Å². The van der Waals surface area contributed by atoms with Gasteiger partial charge in [-0.15, -0.1) is 0 Å². The number of aryl methyl sites for hydroxylation is 1. The van der Waals surface area contributed by atoms with Crippen LogP contribution in [0.3, 0.4) is 0 Å². The molecule has 0 aliphatic heterocycles. The Bertz CT molecular complexity index is 1290. The van der Waals surface area contributed by atoms with Crippen molar-refractivity contribution in [3.63, 3.8) is 0 Å². The summed E-state index contributed by atoms with van der Waals surface area (Å²) in [6, 6.07) is 7.91. The van der Waals surface area contributed by atoms with Crippen LogP contribution >= 0.6 is 0 Å². The zero-order valence-corrected chi connectivity index (χ0v) is 16.5. The smallest absolute Gasteiger partial charge is 0.343 e. The van der Waals surface area contributed by atoms with E-state index in [9.17, 15) is 24.5 Å². The molecule has 0 saturated heterocycles. The van der Waals surface area contributed by atoms with Crippen LogP contribution in [0, 0.1) is 10.1 Å². The lowest BCUT2D eigenvalue weighted by molar-refractivity contribution is -0.384. The quantitative estimate of drug-likeness (QED) is 0.200. The summed E-state index contributed by atoms with van der Waals surface area (Å²) in [5.41, 5.74) is 0.749. The lowest BCUT2D eigenvalue weighted by Crippen LogP contribution is -2.12. The molecule has 0 fully saturated rings. The van der Waals surface area contributed by atoms with Crippen molar-refractivity contribution < 1.29 is 28.4 Å². The first-order valence-corrected chi connectivity index (χ1v) is 9.64. The van der Waals surface area contributed by atoms with Gasteiger partial charge >= 0.3 is 17.6 Å². The number of nitro benzene ring substituents is 1. The van der Waals surface area contributed by atoms with Gasteiger partial charge in [-0.05, 0) is 49.9 Å². The minimum atomic E-state index is -0.905. The highest BCUT2D eigenvalue weighted by Crippen LogP contribution is 2.30. The van der Waals surface area contributed by atoms with Gasteiger partial charge in [0.05, 0.1) is 22.7 Å². The van der Waals surface area contributed by atoms with Crippen LogP contribution in [0.4, 0.5) is 5.69 Å². The van der Waals surface area contributed by atoms with Crippen molar-refractivity contribution in [2.75, 3.05) is 6.61 Å². The highest BCUT2D eigenvalue weighted by molar-refractivity contribution is 5.97. The van der Waals surface area contributed by atoms with E-state index in [0.29, 0.717) is 17.6 Å². The van der Waals surface area contributed by atoms with E-state index in [1.165, 1.54) is 12.1 Å². The molecule has 0 N–H and O–H groups in total. The summed E-state index contributed by atoms with van der Waals surface area (Å²) < 4.78 is 15.5. The van der Waals surface area contributed by atoms with Gasteiger partial charge in [-0.25, -0.2) is 14.4 Å². The molecule has 1 heterocycles. The van der Waals surface area contributed by atoms with Gasteiger partial charge in [0, 0.05) is 29.1 Å². The van der Waals surface area contributed by atoms with Crippen LogP contribution in [-0.4, -0.2) is 23.5 Å². The zero-order valence-electron chi connectivity index (χ0n) is 16.5. The van der Waals surface area contributed by atoms with Gasteiger partial charge in [0.2, 0.25) is 0 Å². The average Bonchev–Trinajstić information content (AvgIpc) is 3.24. The Morgan fingerprint density at radius 1 is 1.06 bits per heavy atom. The number of nitro groups is 1. The number of non-ortho nitro benzene ring substituents is 1. The molecule has 0 saturated carbocycles. The van der Waals surface area contributed by atoms with E-state index in [2.05, 4.69) is 0 Å². The van der Waals surface area contributed by atoms with Crippen molar-refractivity contribution >= 4 is 28.6 Å². The Labute approximate surface area is 175 Å². The van der Waals surface area contributed by atoms with Gasteiger partial charge in [-0.2, -0.15) is 0 Å². The molecule has 9 heteroatoms. The van der Waals surface area contributed by atoms with Crippen molar-refractivity contribution in [2.45, 2.75) is 26.2 Å². The fraction of sp³-hybridized carbons (Fsp3) is 0.227. The third-order valence-electron chi connectivity index (χ3n) is 5.03. The largest absolute Gasteiger partial charge is 0.462 e. The standard InChI is InChI=1S/C22H17NO8/c1-2-29-20(24)12-8-13(10-14(9-12)23(27)28)21(25)30-15-6-7-17-16-4-3-5-18(16)22(26)31-19(17)11-15/h6-11H,2-5H2,1H3. The summed E-state index contributed by atoms with van der Waals surface area (Å²) >= 11 is 0. The predicted octanol–water partition coefficient (Wildman–Crippen LogP) is 3.59. The number of carbonyl (C=O) groups excluding carboxylic acids is 2. The maximum absolute atomic E-state index is 12.6. The van der Waals surface area contributed by atoms with Gasteiger partial charge in [-0.3, -0.25) is 10.1 Å². The number of nitrogens with zero attached hydrogens (tertiary/aromatic N) is 1. The van der Waals surface area contributed by atoms with Crippen LogP contribution in [0.25, 0.3) is 11.0 Å². The number of esters is 2. The topological polar surface area (TPSA) is 126 Å². The molecule has 0 amide bonds. The van der Waals surface area contributed by atoms with E-state index in [0.717, 1.165) is 35.9 Å². The molecule has 2 aromatic carbocycles. The number of carbonyl (C=O) groups is 2. The number of ether oxygens (including phenoxy) is 2. The van der Waals surface area contributed by atoms with E-state index in [1.807, 2.05) is 0 Å². The van der Waals surface area contributed by atoms with Crippen molar-refractivity contribution in [3.05, 3.63) is 79.2 Å². The normalized spacial score (nSPS) is 12.4. The number of rotatable bonds is 5. The average molecular weight is 423 g/mol. The molecule has 9 nitrogen and oxygen atoms in total. The van der Waals surface area contributed by atoms with E-state index < -0.39 is 28.2 Å². The molecule has 31 heavy (non-hydrogen) atoms. The highest BCUT2D eigenvalue weighted by atomic mass is 16.6. The Balaban J connectivity index is 1.67. The maximum atomic E-state index is 12.6. The first-order valence-electron chi connectivity index (χ1n) is 9.64. The fourth-order valence-electron chi connectivity index (χ4n) is 3.66. The predicted molar refractivity (Wildman–Crippen MR) is 109 cm³/mol. The molecule has 0 bridgehead atoms. The zero-order chi connectivity index (χ0) is 22.1. The van der Waals surface area contributed by atoms with Crippen molar-refractivity contribution in [3.8, 4) is 5.75 Å². The van der Waals surface area contributed by atoms with Crippen LogP contribution < -0.4 is 10.4 Å². The summed E-state index contributed by atoms with van der Waals surface area (Å²) in [5, 5.41) is 12.0. The number of hydrogen-bond donors (Lipinski definition) is 0. The van der Waals surface area contributed by atoms with Crippen molar-refractivity contribution in [1.29, 1.82) is 0 Å². The summed E-state index contributed by atoms with van der Waals surface area (Å²) in [6.07, 6.45) is 2.34. The number of benzene rings is 2. The van der Waals surface area contributed by atoms with Crippen molar-refractivity contribution in [2.24, 2.45) is 0 Å². The lowest BCUT2D eigenvalue weighted by atomic mass is 10.1. The van der Waals surface area contributed by atoms with Crippen LogP contribution in [0.5, 0.6) is 5.75 Å². The first kappa shape index (κ1) is 20.3. The van der Waals surface area contributed by atoms with Crippen molar-refractivity contribution in [1.82, 2.24) is 0 Å². The molecular formula is C22H17NO8. The van der Waals surface area contributed by atoms with E-state index in [-0.39, 0.29) is 23.5 Å². The molecule has 0 unspecified atom stereocenters. The van der Waals surface area contributed by atoms with Gasteiger partial charge in [0.25, 0.3) is 5.69 Å². The molecule has 4 rings (SSSR count). The third kappa shape index (κ3) is 3.89. The van der Waals surface area contributed by atoms with Gasteiger partial charge < -0.3 is 13.9 Å². The summed E-state index contributed by atoms with van der Waals surface area (Å²) in [7, 11) is 0. The molecule has 0 spiro atoms. The van der Waals surface area contributed by atoms with Gasteiger partial charge in [0.15, 0.2) is 0 Å². The summed E-state index contributed by atoms with van der Waals surface area (Å²) in [6.45, 7) is 1.67. The Kier molecular flexibility index (Phi) is 5.24. The molecule has 158 valence electrons. The van der Waals surface area contributed by atoms with Crippen LogP contribution in [0.2, 0.25) is 0 Å².